The first-order valence-corrected chi connectivity index (χ1v) is 12.5. The van der Waals surface area contributed by atoms with Gasteiger partial charge in [0.1, 0.15) is 0 Å². The lowest BCUT2D eigenvalue weighted by Crippen LogP contribution is -2.51. The molecule has 0 N–H and O–H groups in total. The fourth-order valence-corrected chi connectivity index (χ4v) is 8.83. The summed E-state index contributed by atoms with van der Waals surface area (Å²) in [4.78, 5) is 14.1. The molecule has 0 radical (unpaired) electrons. The molecular weight excluding hydrogens is 390 g/mol. The van der Waals surface area contributed by atoms with Crippen molar-refractivity contribution in [2.75, 3.05) is 31.2 Å². The van der Waals surface area contributed by atoms with Crippen LogP contribution in [-0.4, -0.2) is 70.2 Å². The molecule has 150 valence electrons. The average Bonchev–Trinajstić information content (AvgIpc) is 2.99. The summed E-state index contributed by atoms with van der Waals surface area (Å²) in [6.45, 7) is 2.94. The van der Waals surface area contributed by atoms with Crippen molar-refractivity contribution in [1.29, 1.82) is 0 Å². The maximum Gasteiger partial charge on any atom is 0.310 e. The third-order valence-corrected chi connectivity index (χ3v) is 9.42. The monoisotopic (exact) mass is 415 g/mol. The van der Waals surface area contributed by atoms with Gasteiger partial charge in [-0.2, -0.15) is 0 Å². The molecule has 0 aliphatic carbocycles. The van der Waals surface area contributed by atoms with Crippen LogP contribution in [0, 0.1) is 5.92 Å². The molecule has 7 nitrogen and oxygen atoms in total. The van der Waals surface area contributed by atoms with Gasteiger partial charge < -0.3 is 4.74 Å². The number of piperidine rings is 1. The van der Waals surface area contributed by atoms with Crippen LogP contribution < -0.4 is 0 Å². The lowest BCUT2D eigenvalue weighted by Gasteiger charge is -2.37. The van der Waals surface area contributed by atoms with Crippen molar-refractivity contribution in [3.05, 3.63) is 30.3 Å². The molecule has 1 aromatic carbocycles. The number of likely N-dealkylation sites (tertiary alicyclic amines) is 1. The molecule has 0 amide bonds. The summed E-state index contributed by atoms with van der Waals surface area (Å²) in [5, 5.41) is -1.02. The van der Waals surface area contributed by atoms with E-state index in [9.17, 15) is 21.6 Å². The first kappa shape index (κ1) is 20.3. The predicted molar refractivity (Wildman–Crippen MR) is 101 cm³/mol. The van der Waals surface area contributed by atoms with Crippen LogP contribution in [0.2, 0.25) is 0 Å². The van der Waals surface area contributed by atoms with Crippen LogP contribution in [0.1, 0.15) is 19.8 Å². The average molecular weight is 416 g/mol. The topological polar surface area (TPSA) is 97.8 Å². The van der Waals surface area contributed by atoms with E-state index in [-0.39, 0.29) is 34.9 Å². The molecule has 2 saturated heterocycles. The fourth-order valence-electron chi connectivity index (χ4n) is 3.98. The number of benzene rings is 1. The van der Waals surface area contributed by atoms with Crippen molar-refractivity contribution in [1.82, 2.24) is 4.90 Å². The molecule has 1 unspecified atom stereocenters. The number of ether oxygens (including phenoxy) is 1. The number of carbonyl (C=O) groups excluding carboxylic acids is 1. The van der Waals surface area contributed by atoms with Gasteiger partial charge in [-0.25, -0.2) is 16.8 Å². The second-order valence-corrected chi connectivity index (χ2v) is 11.4. The SMILES string of the molecule is CCOC(=O)C1CCCN([C@H]2CS(=O)(=O)C[C@@H]2S(=O)(=O)c2ccccc2)C1. The van der Waals surface area contributed by atoms with Crippen molar-refractivity contribution in [2.45, 2.75) is 36.0 Å². The van der Waals surface area contributed by atoms with Gasteiger partial charge in [0.25, 0.3) is 0 Å². The third-order valence-electron chi connectivity index (χ3n) is 5.28. The standard InChI is InChI=1S/C18H25NO6S2/c1-2-25-18(20)14-7-6-10-19(11-14)16-12-26(21,22)13-17(16)27(23,24)15-8-4-3-5-9-15/h3-5,8-9,14,16-17H,2,6-7,10-13H2,1H3/t14?,16-,17-/m0/s1. The van der Waals surface area contributed by atoms with Crippen LogP contribution in [0.4, 0.5) is 0 Å². The summed E-state index contributed by atoms with van der Waals surface area (Å²) in [6, 6.07) is 7.32. The quantitative estimate of drug-likeness (QED) is 0.659. The van der Waals surface area contributed by atoms with Gasteiger partial charge in [-0.05, 0) is 38.4 Å². The van der Waals surface area contributed by atoms with E-state index in [1.165, 1.54) is 12.1 Å². The van der Waals surface area contributed by atoms with E-state index in [4.69, 9.17) is 4.74 Å². The van der Waals surface area contributed by atoms with Crippen molar-refractivity contribution in [3.63, 3.8) is 0 Å². The Balaban J connectivity index is 1.87. The minimum atomic E-state index is -3.79. The molecule has 0 saturated carbocycles. The van der Waals surface area contributed by atoms with Gasteiger partial charge in [-0.15, -0.1) is 0 Å². The van der Waals surface area contributed by atoms with E-state index in [0.29, 0.717) is 25.9 Å². The summed E-state index contributed by atoms with van der Waals surface area (Å²) in [5.41, 5.74) is 0. The number of sulfone groups is 2. The molecule has 3 atom stereocenters. The van der Waals surface area contributed by atoms with E-state index in [2.05, 4.69) is 0 Å². The molecule has 27 heavy (non-hydrogen) atoms. The minimum Gasteiger partial charge on any atom is -0.466 e. The van der Waals surface area contributed by atoms with Crippen molar-refractivity contribution in [3.8, 4) is 0 Å². The third kappa shape index (κ3) is 4.35. The summed E-state index contributed by atoms with van der Waals surface area (Å²) in [5.74, 6) is -1.22. The first-order valence-electron chi connectivity index (χ1n) is 9.14. The summed E-state index contributed by atoms with van der Waals surface area (Å²) >= 11 is 0. The zero-order valence-electron chi connectivity index (χ0n) is 15.3. The number of esters is 1. The molecule has 2 heterocycles. The van der Waals surface area contributed by atoms with Crippen LogP contribution in [0.3, 0.4) is 0 Å². The number of hydrogen-bond acceptors (Lipinski definition) is 7. The van der Waals surface area contributed by atoms with Crippen molar-refractivity contribution in [2.24, 2.45) is 5.92 Å². The Morgan fingerprint density at radius 1 is 1.22 bits per heavy atom. The smallest absolute Gasteiger partial charge is 0.310 e. The van der Waals surface area contributed by atoms with Crippen molar-refractivity contribution < 1.29 is 26.4 Å². The maximum absolute atomic E-state index is 13.1. The van der Waals surface area contributed by atoms with E-state index < -0.39 is 31.0 Å². The van der Waals surface area contributed by atoms with E-state index in [0.717, 1.165) is 0 Å². The minimum absolute atomic E-state index is 0.135. The highest BCUT2D eigenvalue weighted by Crippen LogP contribution is 2.31. The molecule has 2 aliphatic rings. The molecule has 0 spiro atoms. The molecule has 0 aromatic heterocycles. The Kier molecular flexibility index (Phi) is 5.93. The van der Waals surface area contributed by atoms with Crippen LogP contribution in [0.5, 0.6) is 0 Å². The van der Waals surface area contributed by atoms with Crippen molar-refractivity contribution >= 4 is 25.6 Å². The highest BCUT2D eigenvalue weighted by molar-refractivity contribution is 7.96. The van der Waals surface area contributed by atoms with E-state index in [1.54, 1.807) is 25.1 Å². The van der Waals surface area contributed by atoms with Gasteiger partial charge in [0.2, 0.25) is 0 Å². The van der Waals surface area contributed by atoms with Gasteiger partial charge in [-0.3, -0.25) is 9.69 Å². The number of hydrogen-bond donors (Lipinski definition) is 0. The lowest BCUT2D eigenvalue weighted by atomic mass is 9.96. The molecule has 2 fully saturated rings. The number of rotatable bonds is 5. The fraction of sp³-hybridized carbons (Fsp3) is 0.611. The normalized spacial score (nSPS) is 28.7. The highest BCUT2D eigenvalue weighted by atomic mass is 32.2. The Bertz CT molecular complexity index is 882. The molecule has 2 aliphatic heterocycles. The summed E-state index contributed by atoms with van der Waals surface area (Å²) < 4.78 is 55.9. The number of carbonyl (C=O) groups is 1. The Morgan fingerprint density at radius 3 is 2.59 bits per heavy atom. The second-order valence-electron chi connectivity index (χ2n) is 7.13. The molecule has 9 heteroatoms. The Hall–Kier alpha value is -1.45. The van der Waals surface area contributed by atoms with Gasteiger partial charge >= 0.3 is 5.97 Å². The predicted octanol–water partition coefficient (Wildman–Crippen LogP) is 0.901. The van der Waals surface area contributed by atoms with Gasteiger partial charge in [0, 0.05) is 12.6 Å². The van der Waals surface area contributed by atoms with E-state index >= 15 is 0 Å². The molecule has 0 bridgehead atoms. The Morgan fingerprint density at radius 2 is 1.93 bits per heavy atom. The molecular formula is C18H25NO6S2. The lowest BCUT2D eigenvalue weighted by molar-refractivity contribution is -0.150. The van der Waals surface area contributed by atoms with Crippen LogP contribution in [0.15, 0.2) is 35.2 Å². The summed E-state index contributed by atoms with van der Waals surface area (Å²) in [7, 11) is -7.26. The van der Waals surface area contributed by atoms with Gasteiger partial charge in [0.05, 0.1) is 34.2 Å². The van der Waals surface area contributed by atoms with Crippen LogP contribution in [-0.2, 0) is 29.2 Å². The van der Waals surface area contributed by atoms with Crippen LogP contribution in [0.25, 0.3) is 0 Å². The maximum atomic E-state index is 13.1. The zero-order valence-corrected chi connectivity index (χ0v) is 16.9. The largest absolute Gasteiger partial charge is 0.466 e. The van der Waals surface area contributed by atoms with E-state index in [1.807, 2.05) is 4.90 Å². The zero-order chi connectivity index (χ0) is 19.7. The Labute approximate surface area is 160 Å². The highest BCUT2D eigenvalue weighted by Gasteiger charge is 2.49. The molecule has 3 rings (SSSR count). The summed E-state index contributed by atoms with van der Waals surface area (Å²) in [6.07, 6.45) is 1.38. The number of nitrogens with zero attached hydrogens (tertiary/aromatic N) is 1. The van der Waals surface area contributed by atoms with Gasteiger partial charge in [0.15, 0.2) is 19.7 Å². The second kappa shape index (κ2) is 7.89. The molecule has 1 aromatic rings. The van der Waals surface area contributed by atoms with Gasteiger partial charge in [-0.1, -0.05) is 18.2 Å². The first-order chi connectivity index (χ1) is 12.7. The van der Waals surface area contributed by atoms with Crippen LogP contribution >= 0.6 is 0 Å².